The number of carbonyl (C=O) groups is 2. The number of hydrogen-bond donors (Lipinski definition) is 1. The fraction of sp³-hybridized carbons (Fsp3) is 0.579. The fourth-order valence-corrected chi connectivity index (χ4v) is 3.53. The summed E-state index contributed by atoms with van der Waals surface area (Å²) in [6, 6.07) is 0.468. The van der Waals surface area contributed by atoms with Crippen molar-refractivity contribution in [3.8, 4) is 0 Å². The second kappa shape index (κ2) is 9.45. The van der Waals surface area contributed by atoms with Gasteiger partial charge in [0, 0.05) is 57.8 Å². The predicted octanol–water partition coefficient (Wildman–Crippen LogP) is 0.960. The summed E-state index contributed by atoms with van der Waals surface area (Å²) in [5.74, 6) is -3.51. The highest BCUT2D eigenvalue weighted by atomic mass is 19.2. The molecule has 3 amide bonds. The number of piperazine rings is 1. The molecular weight excluding hydrogens is 389 g/mol. The second-order valence-corrected chi connectivity index (χ2v) is 7.28. The first kappa shape index (κ1) is 21.4. The molecule has 160 valence electrons. The number of benzene rings is 1. The quantitative estimate of drug-likeness (QED) is 0.745. The molecule has 0 radical (unpaired) electrons. The lowest BCUT2D eigenvalue weighted by molar-refractivity contribution is -0.133. The van der Waals surface area contributed by atoms with Gasteiger partial charge in [-0.2, -0.15) is 0 Å². The van der Waals surface area contributed by atoms with Crippen molar-refractivity contribution in [1.82, 2.24) is 14.7 Å². The van der Waals surface area contributed by atoms with E-state index in [1.165, 1.54) is 0 Å². The molecule has 3 rings (SSSR count). The van der Waals surface area contributed by atoms with E-state index in [1.807, 2.05) is 0 Å². The summed E-state index contributed by atoms with van der Waals surface area (Å²) in [5, 5.41) is 0. The Morgan fingerprint density at radius 3 is 2.10 bits per heavy atom. The standard InChI is InChI=1S/C19H25F3N4O3/c20-15-12-17(22)16(21)10-13(15)9-14(23)11-18(27)24-1-3-25(4-2-24)19(28)26-5-7-29-8-6-26/h10,12,14H,1-9,11,23H2/t14-/m1/s1. The molecule has 2 heterocycles. The van der Waals surface area contributed by atoms with Gasteiger partial charge in [-0.3, -0.25) is 4.79 Å². The summed E-state index contributed by atoms with van der Waals surface area (Å²) in [5.41, 5.74) is 5.87. The molecule has 10 heteroatoms. The molecule has 7 nitrogen and oxygen atoms in total. The van der Waals surface area contributed by atoms with Gasteiger partial charge in [0.1, 0.15) is 5.82 Å². The lowest BCUT2D eigenvalue weighted by atomic mass is 10.0. The maximum atomic E-state index is 13.7. The molecule has 0 saturated carbocycles. The first-order valence-electron chi connectivity index (χ1n) is 9.63. The summed E-state index contributed by atoms with van der Waals surface area (Å²) >= 11 is 0. The summed E-state index contributed by atoms with van der Waals surface area (Å²) in [4.78, 5) is 30.0. The smallest absolute Gasteiger partial charge is 0.320 e. The zero-order chi connectivity index (χ0) is 21.0. The largest absolute Gasteiger partial charge is 0.378 e. The van der Waals surface area contributed by atoms with Crippen LogP contribution in [0.5, 0.6) is 0 Å². The molecule has 2 aliphatic heterocycles. The molecule has 0 bridgehead atoms. The molecule has 29 heavy (non-hydrogen) atoms. The SMILES string of the molecule is N[C@@H](CC(=O)N1CCN(C(=O)N2CCOCC2)CC1)Cc1cc(F)c(F)cc1F. The minimum absolute atomic E-state index is 0.0458. The molecule has 2 aliphatic rings. The van der Waals surface area contributed by atoms with Gasteiger partial charge in [0.15, 0.2) is 11.6 Å². The predicted molar refractivity (Wildman–Crippen MR) is 98.6 cm³/mol. The topological polar surface area (TPSA) is 79.1 Å². The highest BCUT2D eigenvalue weighted by Crippen LogP contribution is 2.16. The maximum absolute atomic E-state index is 13.7. The van der Waals surface area contributed by atoms with E-state index in [2.05, 4.69) is 0 Å². The summed E-state index contributed by atoms with van der Waals surface area (Å²) in [7, 11) is 0. The number of nitrogens with two attached hydrogens (primary N) is 1. The van der Waals surface area contributed by atoms with Crippen LogP contribution in [0.4, 0.5) is 18.0 Å². The van der Waals surface area contributed by atoms with Crippen LogP contribution < -0.4 is 5.73 Å². The van der Waals surface area contributed by atoms with E-state index in [0.717, 1.165) is 6.07 Å². The van der Waals surface area contributed by atoms with Gasteiger partial charge < -0.3 is 25.2 Å². The average Bonchev–Trinajstić information content (AvgIpc) is 2.72. The van der Waals surface area contributed by atoms with E-state index in [4.69, 9.17) is 10.5 Å². The van der Waals surface area contributed by atoms with Gasteiger partial charge in [-0.25, -0.2) is 18.0 Å². The van der Waals surface area contributed by atoms with Crippen molar-refractivity contribution in [3.05, 3.63) is 35.1 Å². The number of carbonyl (C=O) groups excluding carboxylic acids is 2. The highest BCUT2D eigenvalue weighted by Gasteiger charge is 2.28. The zero-order valence-electron chi connectivity index (χ0n) is 16.1. The van der Waals surface area contributed by atoms with Gasteiger partial charge in [-0.05, 0) is 18.1 Å². The lowest BCUT2D eigenvalue weighted by Gasteiger charge is -2.38. The van der Waals surface area contributed by atoms with Crippen LogP contribution in [0.2, 0.25) is 0 Å². The fourth-order valence-electron chi connectivity index (χ4n) is 3.53. The van der Waals surface area contributed by atoms with E-state index in [-0.39, 0.29) is 30.3 Å². The molecular formula is C19H25F3N4O3. The van der Waals surface area contributed by atoms with Gasteiger partial charge in [0.25, 0.3) is 0 Å². The second-order valence-electron chi connectivity index (χ2n) is 7.28. The summed E-state index contributed by atoms with van der Waals surface area (Å²) in [6.45, 7) is 3.81. The zero-order valence-corrected chi connectivity index (χ0v) is 16.1. The van der Waals surface area contributed by atoms with Crippen molar-refractivity contribution in [2.75, 3.05) is 52.5 Å². The number of rotatable bonds is 4. The maximum Gasteiger partial charge on any atom is 0.320 e. The summed E-state index contributed by atoms with van der Waals surface area (Å²) in [6.07, 6.45) is -0.125. The van der Waals surface area contributed by atoms with Crippen LogP contribution in [0, 0.1) is 17.5 Å². The van der Waals surface area contributed by atoms with E-state index < -0.39 is 23.5 Å². The van der Waals surface area contributed by atoms with E-state index in [9.17, 15) is 22.8 Å². The molecule has 2 fully saturated rings. The molecule has 1 atom stereocenters. The van der Waals surface area contributed by atoms with Gasteiger partial charge in [-0.15, -0.1) is 0 Å². The normalized spacial score (nSPS) is 18.7. The Labute approximate surface area is 167 Å². The third kappa shape index (κ3) is 5.39. The Morgan fingerprint density at radius 2 is 1.45 bits per heavy atom. The Kier molecular flexibility index (Phi) is 6.96. The first-order chi connectivity index (χ1) is 13.8. The van der Waals surface area contributed by atoms with Crippen molar-refractivity contribution in [1.29, 1.82) is 0 Å². The van der Waals surface area contributed by atoms with Crippen LogP contribution in [-0.4, -0.2) is 85.2 Å². The van der Waals surface area contributed by atoms with Crippen molar-refractivity contribution >= 4 is 11.9 Å². The molecule has 0 aromatic heterocycles. The van der Waals surface area contributed by atoms with Crippen LogP contribution in [0.25, 0.3) is 0 Å². The molecule has 2 saturated heterocycles. The Morgan fingerprint density at radius 1 is 0.897 bits per heavy atom. The van der Waals surface area contributed by atoms with Crippen LogP contribution in [-0.2, 0) is 16.0 Å². The number of halogens is 3. The van der Waals surface area contributed by atoms with E-state index >= 15 is 0 Å². The van der Waals surface area contributed by atoms with Gasteiger partial charge in [0.05, 0.1) is 13.2 Å². The Hall–Kier alpha value is -2.33. The minimum atomic E-state index is -1.26. The van der Waals surface area contributed by atoms with Crippen LogP contribution in [0.3, 0.4) is 0 Å². The van der Waals surface area contributed by atoms with Gasteiger partial charge >= 0.3 is 6.03 Å². The number of urea groups is 1. The molecule has 1 aromatic rings. The van der Waals surface area contributed by atoms with Crippen LogP contribution in [0.1, 0.15) is 12.0 Å². The van der Waals surface area contributed by atoms with E-state index in [0.29, 0.717) is 58.5 Å². The third-order valence-corrected chi connectivity index (χ3v) is 5.19. The lowest BCUT2D eigenvalue weighted by Crippen LogP contribution is -2.56. The van der Waals surface area contributed by atoms with Gasteiger partial charge in [0.2, 0.25) is 5.91 Å². The van der Waals surface area contributed by atoms with Crippen molar-refractivity contribution in [3.63, 3.8) is 0 Å². The number of nitrogens with zero attached hydrogens (tertiary/aromatic N) is 3. The number of morpholine rings is 1. The van der Waals surface area contributed by atoms with Gasteiger partial charge in [-0.1, -0.05) is 0 Å². The molecule has 0 unspecified atom stereocenters. The molecule has 0 aliphatic carbocycles. The minimum Gasteiger partial charge on any atom is -0.378 e. The number of amides is 3. The monoisotopic (exact) mass is 414 g/mol. The first-order valence-corrected chi connectivity index (χ1v) is 9.63. The molecule has 1 aromatic carbocycles. The Bertz CT molecular complexity index is 750. The molecule has 0 spiro atoms. The van der Waals surface area contributed by atoms with Crippen molar-refractivity contribution < 1.29 is 27.5 Å². The highest BCUT2D eigenvalue weighted by molar-refractivity contribution is 5.78. The summed E-state index contributed by atoms with van der Waals surface area (Å²) < 4.78 is 45.3. The third-order valence-electron chi connectivity index (χ3n) is 5.19. The Balaban J connectivity index is 1.47. The average molecular weight is 414 g/mol. The van der Waals surface area contributed by atoms with Crippen LogP contribution >= 0.6 is 0 Å². The van der Waals surface area contributed by atoms with E-state index in [1.54, 1.807) is 14.7 Å². The van der Waals surface area contributed by atoms with Crippen LogP contribution in [0.15, 0.2) is 12.1 Å². The number of hydrogen-bond acceptors (Lipinski definition) is 4. The van der Waals surface area contributed by atoms with Crippen molar-refractivity contribution in [2.45, 2.75) is 18.9 Å². The van der Waals surface area contributed by atoms with Crippen molar-refractivity contribution in [2.24, 2.45) is 5.73 Å². The molecule has 2 N–H and O–H groups in total. The number of ether oxygens (including phenoxy) is 1.